The molecule has 0 spiro atoms. The summed E-state index contributed by atoms with van der Waals surface area (Å²) < 4.78 is 11.4. The van der Waals surface area contributed by atoms with Gasteiger partial charge in [-0.3, -0.25) is 10.2 Å². The Hall–Kier alpha value is -4.53. The largest absolute Gasteiger partial charge is 0.493 e. The summed E-state index contributed by atoms with van der Waals surface area (Å²) in [6.45, 7) is 3.16. The van der Waals surface area contributed by atoms with Gasteiger partial charge in [0.05, 0.1) is 7.11 Å². The molecule has 36 heavy (non-hydrogen) atoms. The molecule has 0 heterocycles. The number of carboxylic acid groups (broad SMARTS) is 1. The molecule has 0 fully saturated rings. The number of nitrogens with one attached hydrogen (secondary N) is 3. The molecule has 9 heteroatoms. The number of anilines is 1. The van der Waals surface area contributed by atoms with Crippen LogP contribution in [-0.4, -0.2) is 35.5 Å². The Balaban J connectivity index is 1.91. The first-order chi connectivity index (χ1) is 17.1. The van der Waals surface area contributed by atoms with Gasteiger partial charge in [0.1, 0.15) is 24.0 Å². The van der Waals surface area contributed by atoms with E-state index in [4.69, 9.17) is 20.6 Å². The normalized spacial score (nSPS) is 11.8. The maximum absolute atomic E-state index is 13.3. The second-order valence-electron chi connectivity index (χ2n) is 8.67. The van der Waals surface area contributed by atoms with Gasteiger partial charge in [-0.25, -0.2) is 4.79 Å². The Bertz CT molecular complexity index is 1230. The van der Waals surface area contributed by atoms with E-state index in [0.29, 0.717) is 34.9 Å². The average Bonchev–Trinajstić information content (AvgIpc) is 2.86. The highest BCUT2D eigenvalue weighted by Gasteiger charge is 2.33. The van der Waals surface area contributed by atoms with E-state index < -0.39 is 23.5 Å². The first-order valence-electron chi connectivity index (χ1n) is 11.2. The van der Waals surface area contributed by atoms with Crippen LogP contribution in [0.25, 0.3) is 0 Å². The van der Waals surface area contributed by atoms with E-state index in [9.17, 15) is 14.7 Å². The van der Waals surface area contributed by atoms with Crippen LogP contribution in [0, 0.1) is 5.41 Å². The van der Waals surface area contributed by atoms with E-state index in [2.05, 4.69) is 10.6 Å². The molecule has 1 unspecified atom stereocenters. The zero-order valence-electron chi connectivity index (χ0n) is 20.4. The summed E-state index contributed by atoms with van der Waals surface area (Å²) >= 11 is 0. The predicted molar refractivity (Wildman–Crippen MR) is 137 cm³/mol. The number of hydrogen-bond acceptors (Lipinski definition) is 6. The van der Waals surface area contributed by atoms with Crippen molar-refractivity contribution in [3.63, 3.8) is 0 Å². The fourth-order valence-corrected chi connectivity index (χ4v) is 3.36. The van der Waals surface area contributed by atoms with Crippen molar-refractivity contribution in [3.8, 4) is 11.5 Å². The molecule has 3 aromatic rings. The Morgan fingerprint density at radius 3 is 2.28 bits per heavy atom. The van der Waals surface area contributed by atoms with Crippen molar-refractivity contribution < 1.29 is 24.2 Å². The molecule has 0 aromatic heterocycles. The first-order valence-corrected chi connectivity index (χ1v) is 11.2. The third-order valence-electron chi connectivity index (χ3n) is 5.50. The standard InChI is InChI=1S/C27H30N4O5/c1-27(2,26(33)34)31-25(32)23(30-20-12-9-18(10-13-20)24(28)29)19-11-14-21(22(15-19)35-3)36-16-17-7-5-4-6-8-17/h4-15,23,30H,16H2,1-3H3,(H3,28,29)(H,31,32)(H,33,34). The van der Waals surface area contributed by atoms with Crippen molar-refractivity contribution in [2.24, 2.45) is 5.73 Å². The second-order valence-corrected chi connectivity index (χ2v) is 8.67. The van der Waals surface area contributed by atoms with Crippen molar-refractivity contribution in [2.45, 2.75) is 32.0 Å². The number of rotatable bonds is 11. The smallest absolute Gasteiger partial charge is 0.328 e. The zero-order valence-corrected chi connectivity index (χ0v) is 20.4. The van der Waals surface area contributed by atoms with Crippen LogP contribution in [0.15, 0.2) is 72.8 Å². The van der Waals surface area contributed by atoms with Crippen LogP contribution in [-0.2, 0) is 16.2 Å². The highest BCUT2D eigenvalue weighted by Crippen LogP contribution is 2.32. The van der Waals surface area contributed by atoms with Crippen LogP contribution in [0.3, 0.4) is 0 Å². The van der Waals surface area contributed by atoms with Gasteiger partial charge in [-0.05, 0) is 61.4 Å². The van der Waals surface area contributed by atoms with Gasteiger partial charge in [0, 0.05) is 11.3 Å². The van der Waals surface area contributed by atoms with E-state index in [1.165, 1.54) is 21.0 Å². The summed E-state index contributed by atoms with van der Waals surface area (Å²) in [5.41, 5.74) is 6.69. The van der Waals surface area contributed by atoms with Crippen molar-refractivity contribution in [2.75, 3.05) is 12.4 Å². The number of carbonyl (C=O) groups excluding carboxylic acids is 1. The van der Waals surface area contributed by atoms with Crippen molar-refractivity contribution >= 4 is 23.4 Å². The van der Waals surface area contributed by atoms with Crippen LogP contribution in [0.4, 0.5) is 5.69 Å². The lowest BCUT2D eigenvalue weighted by molar-refractivity contribution is -0.146. The zero-order chi connectivity index (χ0) is 26.3. The topological polar surface area (TPSA) is 147 Å². The Labute approximate surface area is 209 Å². The van der Waals surface area contributed by atoms with E-state index in [0.717, 1.165) is 5.56 Å². The van der Waals surface area contributed by atoms with Crippen molar-refractivity contribution in [3.05, 3.63) is 89.5 Å². The van der Waals surface area contributed by atoms with Crippen LogP contribution in [0.2, 0.25) is 0 Å². The Morgan fingerprint density at radius 1 is 1.03 bits per heavy atom. The third-order valence-corrected chi connectivity index (χ3v) is 5.50. The number of nitrogen functional groups attached to an aromatic ring is 1. The summed E-state index contributed by atoms with van der Waals surface area (Å²) in [5.74, 6) is -0.857. The number of benzene rings is 3. The molecule has 0 aliphatic rings. The summed E-state index contributed by atoms with van der Waals surface area (Å²) in [6.07, 6.45) is 0. The van der Waals surface area contributed by atoms with Gasteiger partial charge in [-0.15, -0.1) is 0 Å². The molecule has 3 rings (SSSR count). The molecule has 0 aliphatic carbocycles. The Kier molecular flexibility index (Phi) is 8.16. The number of aliphatic carboxylic acids is 1. The summed E-state index contributed by atoms with van der Waals surface area (Å²) in [7, 11) is 1.50. The number of hydrogen-bond donors (Lipinski definition) is 5. The summed E-state index contributed by atoms with van der Waals surface area (Å²) in [4.78, 5) is 24.9. The predicted octanol–water partition coefficient (Wildman–Crippen LogP) is 3.69. The third kappa shape index (κ3) is 6.53. The van der Waals surface area contributed by atoms with E-state index in [1.54, 1.807) is 42.5 Å². The van der Waals surface area contributed by atoms with Gasteiger partial charge in [0.15, 0.2) is 11.5 Å². The lowest BCUT2D eigenvalue weighted by Crippen LogP contribution is -2.52. The van der Waals surface area contributed by atoms with Crippen LogP contribution >= 0.6 is 0 Å². The molecular formula is C27H30N4O5. The number of methoxy groups -OCH3 is 1. The first kappa shape index (κ1) is 26.1. The highest BCUT2D eigenvalue weighted by atomic mass is 16.5. The fourth-order valence-electron chi connectivity index (χ4n) is 3.36. The maximum atomic E-state index is 13.3. The van der Waals surface area contributed by atoms with Gasteiger partial charge < -0.3 is 30.9 Å². The minimum absolute atomic E-state index is 0.0742. The van der Waals surface area contributed by atoms with Crippen molar-refractivity contribution in [1.29, 1.82) is 5.41 Å². The molecule has 6 N–H and O–H groups in total. The molecule has 3 aromatic carbocycles. The monoisotopic (exact) mass is 490 g/mol. The Morgan fingerprint density at radius 2 is 1.69 bits per heavy atom. The van der Waals surface area contributed by atoms with Crippen LogP contribution in [0.5, 0.6) is 11.5 Å². The lowest BCUT2D eigenvalue weighted by atomic mass is 10.0. The van der Waals surface area contributed by atoms with Gasteiger partial charge >= 0.3 is 5.97 Å². The van der Waals surface area contributed by atoms with Gasteiger partial charge in [-0.1, -0.05) is 36.4 Å². The number of ether oxygens (including phenoxy) is 2. The number of carbonyl (C=O) groups is 2. The lowest BCUT2D eigenvalue weighted by Gasteiger charge is -2.27. The van der Waals surface area contributed by atoms with Crippen LogP contribution in [0.1, 0.15) is 36.6 Å². The molecule has 9 nitrogen and oxygen atoms in total. The second kappa shape index (κ2) is 11.3. The molecule has 1 amide bonds. The molecule has 0 radical (unpaired) electrons. The van der Waals surface area contributed by atoms with Crippen LogP contribution < -0.4 is 25.8 Å². The number of amidine groups is 1. The fraction of sp³-hybridized carbons (Fsp3) is 0.222. The molecular weight excluding hydrogens is 460 g/mol. The molecule has 0 bridgehead atoms. The van der Waals surface area contributed by atoms with E-state index >= 15 is 0 Å². The number of nitrogens with two attached hydrogens (primary N) is 1. The molecule has 0 aliphatic heterocycles. The molecule has 188 valence electrons. The van der Waals surface area contributed by atoms with Gasteiger partial charge in [-0.2, -0.15) is 0 Å². The van der Waals surface area contributed by atoms with Crippen molar-refractivity contribution in [1.82, 2.24) is 5.32 Å². The highest BCUT2D eigenvalue weighted by molar-refractivity contribution is 5.95. The van der Waals surface area contributed by atoms with E-state index in [-0.39, 0.29) is 5.84 Å². The number of amides is 1. The summed E-state index contributed by atoms with van der Waals surface area (Å²) in [6, 6.07) is 20.5. The molecule has 0 saturated heterocycles. The quantitative estimate of drug-likeness (QED) is 0.203. The van der Waals surface area contributed by atoms with Gasteiger partial charge in [0.2, 0.25) is 5.91 Å². The maximum Gasteiger partial charge on any atom is 0.328 e. The SMILES string of the molecule is COc1cc(C(Nc2ccc(C(=N)N)cc2)C(=O)NC(C)(C)C(=O)O)ccc1OCc1ccccc1. The number of carboxylic acids is 1. The van der Waals surface area contributed by atoms with Gasteiger partial charge in [0.25, 0.3) is 0 Å². The molecule has 0 saturated carbocycles. The minimum Gasteiger partial charge on any atom is -0.493 e. The van der Waals surface area contributed by atoms with E-state index in [1.807, 2.05) is 30.3 Å². The molecule has 1 atom stereocenters. The minimum atomic E-state index is -1.49. The summed E-state index contributed by atoms with van der Waals surface area (Å²) in [5, 5.41) is 22.8. The average molecular weight is 491 g/mol.